The molecule has 4 heteroatoms. The van der Waals surface area contributed by atoms with E-state index in [2.05, 4.69) is 0 Å². The zero-order chi connectivity index (χ0) is 11.5. The molecule has 84 valence electrons. The molecular formula is C12H14N2O2. The maximum Gasteiger partial charge on any atom is 0.330 e. The second kappa shape index (κ2) is 4.35. The summed E-state index contributed by atoms with van der Waals surface area (Å²) in [5.74, 6) is -0.108. The second-order valence-electron chi connectivity index (χ2n) is 3.83. The van der Waals surface area contributed by atoms with E-state index in [-0.39, 0.29) is 11.9 Å². The van der Waals surface area contributed by atoms with E-state index in [1.807, 2.05) is 30.3 Å². The molecule has 4 nitrogen and oxygen atoms in total. The highest BCUT2D eigenvalue weighted by Gasteiger charge is 2.27. The number of benzene rings is 1. The molecular weight excluding hydrogens is 204 g/mol. The lowest BCUT2D eigenvalue weighted by molar-refractivity contribution is -0.126. The largest absolute Gasteiger partial charge is 0.330 e. The van der Waals surface area contributed by atoms with Crippen LogP contribution in [0.5, 0.6) is 0 Å². The predicted molar refractivity (Wildman–Crippen MR) is 61.2 cm³/mol. The standard InChI is InChI=1S/C12H14N2O2/c1-13-11(15)8-5-9-14(12(13)16)10-6-3-2-4-7-10/h2-4,6-7H,5,8-9H2,1H3. The molecule has 1 saturated heterocycles. The molecule has 1 fully saturated rings. The first-order valence-electron chi connectivity index (χ1n) is 5.33. The molecule has 0 atom stereocenters. The number of imide groups is 1. The Kier molecular flexibility index (Phi) is 2.90. The third-order valence-corrected chi connectivity index (χ3v) is 2.73. The number of rotatable bonds is 1. The van der Waals surface area contributed by atoms with E-state index in [9.17, 15) is 9.59 Å². The molecule has 0 aromatic heterocycles. The Labute approximate surface area is 94.5 Å². The SMILES string of the molecule is CN1C(=O)CCCN(c2ccccc2)C1=O. The van der Waals surface area contributed by atoms with E-state index >= 15 is 0 Å². The van der Waals surface area contributed by atoms with Crippen molar-refractivity contribution >= 4 is 17.6 Å². The van der Waals surface area contributed by atoms with Crippen molar-refractivity contribution in [2.45, 2.75) is 12.8 Å². The fraction of sp³-hybridized carbons (Fsp3) is 0.333. The minimum Gasteiger partial charge on any atom is -0.294 e. The third-order valence-electron chi connectivity index (χ3n) is 2.73. The molecule has 2 rings (SSSR count). The number of carbonyl (C=O) groups is 2. The summed E-state index contributed by atoms with van der Waals surface area (Å²) < 4.78 is 0. The van der Waals surface area contributed by atoms with Gasteiger partial charge in [-0.05, 0) is 18.6 Å². The number of carbonyl (C=O) groups excluding carboxylic acids is 2. The van der Waals surface area contributed by atoms with Crippen molar-refractivity contribution in [2.75, 3.05) is 18.5 Å². The third kappa shape index (κ3) is 1.91. The molecule has 0 unspecified atom stereocenters. The van der Waals surface area contributed by atoms with Crippen LogP contribution in [0.25, 0.3) is 0 Å². The fourth-order valence-corrected chi connectivity index (χ4v) is 1.79. The molecule has 1 aromatic carbocycles. The van der Waals surface area contributed by atoms with Crippen LogP contribution >= 0.6 is 0 Å². The molecule has 16 heavy (non-hydrogen) atoms. The van der Waals surface area contributed by atoms with Gasteiger partial charge in [-0.25, -0.2) is 4.79 Å². The average molecular weight is 218 g/mol. The Hall–Kier alpha value is -1.84. The van der Waals surface area contributed by atoms with Crippen LogP contribution < -0.4 is 4.90 Å². The highest BCUT2D eigenvalue weighted by Crippen LogP contribution is 2.18. The summed E-state index contributed by atoms with van der Waals surface area (Å²) in [7, 11) is 1.53. The van der Waals surface area contributed by atoms with Gasteiger partial charge in [0.2, 0.25) is 5.91 Å². The van der Waals surface area contributed by atoms with Crippen molar-refractivity contribution in [2.24, 2.45) is 0 Å². The van der Waals surface area contributed by atoms with Gasteiger partial charge in [0.25, 0.3) is 0 Å². The normalized spacial score (nSPS) is 17.6. The topological polar surface area (TPSA) is 40.6 Å². The van der Waals surface area contributed by atoms with Crippen molar-refractivity contribution in [1.29, 1.82) is 0 Å². The smallest absolute Gasteiger partial charge is 0.294 e. The van der Waals surface area contributed by atoms with Gasteiger partial charge in [-0.1, -0.05) is 18.2 Å². The summed E-state index contributed by atoms with van der Waals surface area (Å²) in [5, 5.41) is 0. The van der Waals surface area contributed by atoms with Crippen molar-refractivity contribution in [3.05, 3.63) is 30.3 Å². The summed E-state index contributed by atoms with van der Waals surface area (Å²) in [6, 6.07) is 9.18. The van der Waals surface area contributed by atoms with Crippen LogP contribution in [0.1, 0.15) is 12.8 Å². The molecule has 0 radical (unpaired) electrons. The summed E-state index contributed by atoms with van der Waals surface area (Å²) >= 11 is 0. The Morgan fingerprint density at radius 3 is 2.50 bits per heavy atom. The molecule has 1 aliphatic rings. The predicted octanol–water partition coefficient (Wildman–Crippen LogP) is 1.87. The minimum absolute atomic E-state index is 0.108. The van der Waals surface area contributed by atoms with Gasteiger partial charge < -0.3 is 0 Å². The zero-order valence-corrected chi connectivity index (χ0v) is 9.22. The quantitative estimate of drug-likeness (QED) is 0.722. The number of hydrogen-bond donors (Lipinski definition) is 0. The van der Waals surface area contributed by atoms with Crippen LogP contribution in [0.2, 0.25) is 0 Å². The van der Waals surface area contributed by atoms with Gasteiger partial charge in [0.05, 0.1) is 0 Å². The van der Waals surface area contributed by atoms with Crippen molar-refractivity contribution < 1.29 is 9.59 Å². The lowest BCUT2D eigenvalue weighted by Crippen LogP contribution is -2.41. The maximum atomic E-state index is 12.0. The molecule has 0 N–H and O–H groups in total. The molecule has 0 bridgehead atoms. The zero-order valence-electron chi connectivity index (χ0n) is 9.22. The second-order valence-corrected chi connectivity index (χ2v) is 3.83. The van der Waals surface area contributed by atoms with Gasteiger partial charge in [0.15, 0.2) is 0 Å². The number of hydrogen-bond acceptors (Lipinski definition) is 2. The van der Waals surface area contributed by atoms with Crippen molar-refractivity contribution in [3.8, 4) is 0 Å². The molecule has 1 heterocycles. The Balaban J connectivity index is 2.28. The van der Waals surface area contributed by atoms with Gasteiger partial charge in [-0.15, -0.1) is 0 Å². The lowest BCUT2D eigenvalue weighted by atomic mass is 10.2. The first-order valence-corrected chi connectivity index (χ1v) is 5.33. The van der Waals surface area contributed by atoms with Crippen molar-refractivity contribution in [3.63, 3.8) is 0 Å². The average Bonchev–Trinajstić information content (AvgIpc) is 2.44. The van der Waals surface area contributed by atoms with Crippen LogP contribution in [0, 0.1) is 0 Å². The van der Waals surface area contributed by atoms with Gasteiger partial charge in [0.1, 0.15) is 0 Å². The van der Waals surface area contributed by atoms with Crippen LogP contribution in [-0.4, -0.2) is 30.4 Å². The molecule has 1 aromatic rings. The molecule has 3 amide bonds. The van der Waals surface area contributed by atoms with Gasteiger partial charge in [0, 0.05) is 25.7 Å². The maximum absolute atomic E-state index is 12.0. The number of amides is 3. The Morgan fingerprint density at radius 1 is 1.12 bits per heavy atom. The van der Waals surface area contributed by atoms with E-state index < -0.39 is 0 Å². The van der Waals surface area contributed by atoms with E-state index in [1.54, 1.807) is 4.90 Å². The van der Waals surface area contributed by atoms with E-state index in [1.165, 1.54) is 11.9 Å². The summed E-state index contributed by atoms with van der Waals surface area (Å²) in [5.41, 5.74) is 0.842. The molecule has 0 aliphatic carbocycles. The highest BCUT2D eigenvalue weighted by molar-refractivity contribution is 6.03. The minimum atomic E-state index is -0.242. The number of anilines is 1. The molecule has 0 spiro atoms. The van der Waals surface area contributed by atoms with E-state index in [0.717, 1.165) is 5.69 Å². The van der Waals surface area contributed by atoms with Crippen LogP contribution in [0.3, 0.4) is 0 Å². The Morgan fingerprint density at radius 2 is 1.81 bits per heavy atom. The monoisotopic (exact) mass is 218 g/mol. The lowest BCUT2D eigenvalue weighted by Gasteiger charge is -2.23. The van der Waals surface area contributed by atoms with E-state index in [4.69, 9.17) is 0 Å². The number of urea groups is 1. The molecule has 1 aliphatic heterocycles. The van der Waals surface area contributed by atoms with Gasteiger partial charge >= 0.3 is 6.03 Å². The Bertz CT molecular complexity index is 403. The van der Waals surface area contributed by atoms with Crippen LogP contribution in [-0.2, 0) is 4.79 Å². The number of para-hydroxylation sites is 1. The fourth-order valence-electron chi connectivity index (χ4n) is 1.79. The van der Waals surface area contributed by atoms with Gasteiger partial charge in [-0.3, -0.25) is 14.6 Å². The van der Waals surface area contributed by atoms with Gasteiger partial charge in [-0.2, -0.15) is 0 Å². The van der Waals surface area contributed by atoms with Crippen LogP contribution in [0.4, 0.5) is 10.5 Å². The summed E-state index contributed by atoms with van der Waals surface area (Å²) in [6.45, 7) is 0.596. The van der Waals surface area contributed by atoms with Crippen molar-refractivity contribution in [1.82, 2.24) is 4.90 Å². The first kappa shape index (κ1) is 10.7. The van der Waals surface area contributed by atoms with Crippen LogP contribution in [0.15, 0.2) is 30.3 Å². The van der Waals surface area contributed by atoms with E-state index in [0.29, 0.717) is 19.4 Å². The summed E-state index contributed by atoms with van der Waals surface area (Å²) in [4.78, 5) is 26.3. The summed E-state index contributed by atoms with van der Waals surface area (Å²) in [6.07, 6.45) is 1.15. The highest BCUT2D eigenvalue weighted by atomic mass is 16.2. The molecule has 0 saturated carbocycles. The first-order chi connectivity index (χ1) is 7.70. The number of nitrogens with zero attached hydrogens (tertiary/aromatic N) is 2.